The number of rotatable bonds is 9. The minimum atomic E-state index is -0.594. The maximum absolute atomic E-state index is 13.4. The first-order chi connectivity index (χ1) is 18.8. The van der Waals surface area contributed by atoms with Gasteiger partial charge in [0.1, 0.15) is 24.0 Å². The van der Waals surface area contributed by atoms with E-state index in [0.717, 1.165) is 21.6 Å². The van der Waals surface area contributed by atoms with Gasteiger partial charge >= 0.3 is 0 Å². The fraction of sp³-hybridized carbons (Fsp3) is 0.194. The molecule has 3 aromatic carbocycles. The molecule has 0 saturated heterocycles. The van der Waals surface area contributed by atoms with Crippen molar-refractivity contribution in [3.8, 4) is 23.3 Å². The summed E-state index contributed by atoms with van der Waals surface area (Å²) in [5.74, 6) is 0.770. The van der Waals surface area contributed by atoms with Gasteiger partial charge in [-0.1, -0.05) is 41.9 Å². The molecule has 7 nitrogen and oxygen atoms in total. The first-order valence-electron chi connectivity index (χ1n) is 12.2. The van der Waals surface area contributed by atoms with Crippen LogP contribution in [-0.4, -0.2) is 37.5 Å². The standard InChI is InChI=1S/C31H27ClN2O5/c1-20-26(16-21-6-11-25(12-7-21)39-19-23-4-9-24(32)10-5-23)30(35)34(31(36)27(20)18-33)15-14-22-8-13-28(37-2)29(17-22)38-3/h4-13,16-17H,14-15,19H2,1-3H3/b26-16+. The van der Waals surface area contributed by atoms with E-state index in [-0.39, 0.29) is 12.1 Å². The highest BCUT2D eigenvalue weighted by molar-refractivity contribution is 6.30. The van der Waals surface area contributed by atoms with E-state index in [1.54, 1.807) is 51.5 Å². The van der Waals surface area contributed by atoms with Crippen LogP contribution < -0.4 is 14.2 Å². The number of halogens is 1. The van der Waals surface area contributed by atoms with E-state index in [9.17, 15) is 14.9 Å². The number of amides is 2. The summed E-state index contributed by atoms with van der Waals surface area (Å²) >= 11 is 5.93. The van der Waals surface area contributed by atoms with Crippen LogP contribution in [-0.2, 0) is 22.6 Å². The fourth-order valence-electron chi connectivity index (χ4n) is 4.18. The van der Waals surface area contributed by atoms with Crippen LogP contribution in [0.2, 0.25) is 5.02 Å². The van der Waals surface area contributed by atoms with Crippen LogP contribution in [0.15, 0.2) is 83.4 Å². The highest BCUT2D eigenvalue weighted by Gasteiger charge is 2.35. The SMILES string of the molecule is COc1ccc(CCN2C(=O)C(C#N)=C(C)/C(=C\c3ccc(OCc4ccc(Cl)cc4)cc3)C2=O)cc1OC. The van der Waals surface area contributed by atoms with E-state index in [2.05, 4.69) is 0 Å². The second kappa shape index (κ2) is 12.3. The molecule has 0 radical (unpaired) electrons. The minimum absolute atomic E-state index is 0.0453. The maximum Gasteiger partial charge on any atom is 0.271 e. The monoisotopic (exact) mass is 542 g/mol. The Morgan fingerprint density at radius 3 is 2.21 bits per heavy atom. The van der Waals surface area contributed by atoms with Gasteiger partial charge in [-0.3, -0.25) is 14.5 Å². The first-order valence-corrected chi connectivity index (χ1v) is 12.6. The van der Waals surface area contributed by atoms with Crippen molar-refractivity contribution in [1.82, 2.24) is 4.90 Å². The summed E-state index contributed by atoms with van der Waals surface area (Å²) in [7, 11) is 3.10. The van der Waals surface area contributed by atoms with Gasteiger partial charge in [-0.2, -0.15) is 5.26 Å². The van der Waals surface area contributed by atoms with Gasteiger partial charge in [0.2, 0.25) is 0 Å². The van der Waals surface area contributed by atoms with Crippen molar-refractivity contribution >= 4 is 29.5 Å². The lowest BCUT2D eigenvalue weighted by Gasteiger charge is -2.27. The molecule has 2 amide bonds. The molecule has 0 N–H and O–H groups in total. The third kappa shape index (κ3) is 6.31. The number of carbonyl (C=O) groups is 2. The molecule has 1 aliphatic heterocycles. The molecular weight excluding hydrogens is 516 g/mol. The van der Waals surface area contributed by atoms with Gasteiger partial charge < -0.3 is 14.2 Å². The van der Waals surface area contributed by atoms with Crippen molar-refractivity contribution in [2.75, 3.05) is 20.8 Å². The van der Waals surface area contributed by atoms with E-state index in [0.29, 0.717) is 46.4 Å². The van der Waals surface area contributed by atoms with Crippen LogP contribution >= 0.6 is 11.6 Å². The molecule has 0 aromatic heterocycles. The fourth-order valence-corrected chi connectivity index (χ4v) is 4.31. The molecule has 1 aliphatic rings. The van der Waals surface area contributed by atoms with Crippen LogP contribution in [0.1, 0.15) is 23.6 Å². The molecule has 1 heterocycles. The van der Waals surface area contributed by atoms with Gasteiger partial charge in [-0.15, -0.1) is 0 Å². The van der Waals surface area contributed by atoms with Crippen molar-refractivity contribution < 1.29 is 23.8 Å². The highest BCUT2D eigenvalue weighted by Crippen LogP contribution is 2.30. The number of hydrogen-bond donors (Lipinski definition) is 0. The summed E-state index contributed by atoms with van der Waals surface area (Å²) in [6.45, 7) is 2.12. The van der Waals surface area contributed by atoms with Crippen molar-refractivity contribution in [3.63, 3.8) is 0 Å². The van der Waals surface area contributed by atoms with Gasteiger partial charge in [0.15, 0.2) is 11.5 Å². The lowest BCUT2D eigenvalue weighted by molar-refractivity contribution is -0.140. The van der Waals surface area contributed by atoms with Gasteiger partial charge in [-0.25, -0.2) is 0 Å². The molecule has 0 saturated carbocycles. The van der Waals surface area contributed by atoms with Gasteiger partial charge in [0.05, 0.1) is 14.2 Å². The molecule has 0 bridgehead atoms. The Kier molecular flexibility index (Phi) is 8.70. The number of ether oxygens (including phenoxy) is 3. The van der Waals surface area contributed by atoms with Gasteiger partial charge in [0.25, 0.3) is 11.8 Å². The van der Waals surface area contributed by atoms with Gasteiger partial charge in [-0.05, 0) is 78.1 Å². The largest absolute Gasteiger partial charge is 0.493 e. The van der Waals surface area contributed by atoms with Crippen molar-refractivity contribution in [2.45, 2.75) is 20.0 Å². The van der Waals surface area contributed by atoms with E-state index >= 15 is 0 Å². The van der Waals surface area contributed by atoms with Crippen molar-refractivity contribution in [1.29, 1.82) is 5.26 Å². The normalized spacial score (nSPS) is 14.4. The molecule has 0 aliphatic carbocycles. The van der Waals surface area contributed by atoms with Crippen LogP contribution in [0.25, 0.3) is 6.08 Å². The molecule has 8 heteroatoms. The number of benzene rings is 3. The van der Waals surface area contributed by atoms with E-state index < -0.39 is 11.8 Å². The highest BCUT2D eigenvalue weighted by atomic mass is 35.5. The van der Waals surface area contributed by atoms with Gasteiger partial charge in [0, 0.05) is 17.1 Å². The van der Waals surface area contributed by atoms with Crippen LogP contribution in [0.4, 0.5) is 0 Å². The number of carbonyl (C=O) groups excluding carboxylic acids is 2. The zero-order chi connectivity index (χ0) is 27.9. The summed E-state index contributed by atoms with van der Waals surface area (Å²) in [4.78, 5) is 27.5. The topological polar surface area (TPSA) is 88.9 Å². The predicted molar refractivity (Wildman–Crippen MR) is 148 cm³/mol. The molecule has 0 atom stereocenters. The Balaban J connectivity index is 1.51. The Bertz CT molecular complexity index is 1480. The first kappa shape index (κ1) is 27.5. The molecule has 198 valence electrons. The molecule has 0 unspecified atom stereocenters. The van der Waals surface area contributed by atoms with E-state index in [1.807, 2.05) is 48.5 Å². The number of nitrogens with zero attached hydrogens (tertiary/aromatic N) is 2. The molecule has 3 aromatic rings. The Labute approximate surface area is 232 Å². The third-order valence-corrected chi connectivity index (χ3v) is 6.66. The van der Waals surface area contributed by atoms with Crippen LogP contribution in [0.3, 0.4) is 0 Å². The molecule has 39 heavy (non-hydrogen) atoms. The second-order valence-electron chi connectivity index (χ2n) is 8.86. The smallest absolute Gasteiger partial charge is 0.271 e. The van der Waals surface area contributed by atoms with Crippen LogP contribution in [0.5, 0.6) is 17.2 Å². The zero-order valence-electron chi connectivity index (χ0n) is 21.9. The predicted octanol–water partition coefficient (Wildman–Crippen LogP) is 5.77. The molecule has 0 fully saturated rings. The Hall–Kier alpha value is -4.54. The van der Waals surface area contributed by atoms with Crippen molar-refractivity contribution in [2.24, 2.45) is 0 Å². The molecule has 4 rings (SSSR count). The summed E-state index contributed by atoms with van der Waals surface area (Å²) in [6, 6.07) is 22.1. The quantitative estimate of drug-likeness (QED) is 0.252. The summed E-state index contributed by atoms with van der Waals surface area (Å²) in [5.41, 5.74) is 3.20. The average molecular weight is 543 g/mol. The van der Waals surface area contributed by atoms with Crippen molar-refractivity contribution in [3.05, 3.63) is 105 Å². The summed E-state index contributed by atoms with van der Waals surface area (Å²) in [5, 5.41) is 10.4. The lowest BCUT2D eigenvalue weighted by atomic mass is 9.93. The van der Waals surface area contributed by atoms with E-state index in [4.69, 9.17) is 25.8 Å². The Morgan fingerprint density at radius 1 is 0.897 bits per heavy atom. The molecular formula is C31H27ClN2O5. The lowest BCUT2D eigenvalue weighted by Crippen LogP contribution is -2.43. The number of methoxy groups -OCH3 is 2. The second-order valence-corrected chi connectivity index (χ2v) is 9.29. The number of hydrogen-bond acceptors (Lipinski definition) is 6. The summed E-state index contributed by atoms with van der Waals surface area (Å²) < 4.78 is 16.5. The number of imide groups is 1. The zero-order valence-corrected chi connectivity index (χ0v) is 22.6. The summed E-state index contributed by atoms with van der Waals surface area (Å²) in [6.07, 6.45) is 2.08. The Morgan fingerprint density at radius 2 is 1.56 bits per heavy atom. The molecule has 0 spiro atoms. The minimum Gasteiger partial charge on any atom is -0.493 e. The average Bonchev–Trinajstić information content (AvgIpc) is 2.95. The van der Waals surface area contributed by atoms with Crippen LogP contribution in [0, 0.1) is 11.3 Å². The number of nitriles is 1. The third-order valence-electron chi connectivity index (χ3n) is 6.41. The maximum atomic E-state index is 13.4. The van der Waals surface area contributed by atoms with E-state index in [1.165, 1.54) is 0 Å².